The third-order valence-electron chi connectivity index (χ3n) is 0.540. The van der Waals surface area contributed by atoms with Crippen LogP contribution in [0.25, 0.3) is 0 Å². The summed E-state index contributed by atoms with van der Waals surface area (Å²) in [6.45, 7) is 4.92. The lowest BCUT2D eigenvalue weighted by Crippen LogP contribution is -1.76. The lowest BCUT2D eigenvalue weighted by molar-refractivity contribution is 0.581. The van der Waals surface area contributed by atoms with E-state index in [1.807, 2.05) is 0 Å². The van der Waals surface area contributed by atoms with Gasteiger partial charge in [-0.25, -0.2) is 0 Å². The zero-order chi connectivity index (χ0) is 6.78. The van der Waals surface area contributed by atoms with Crippen molar-refractivity contribution in [1.29, 1.82) is 0 Å². The third kappa shape index (κ3) is 6.33. The van der Waals surface area contributed by atoms with Crippen LogP contribution < -0.4 is 0 Å². The van der Waals surface area contributed by atoms with Gasteiger partial charge in [0.25, 0.3) is 0 Å². The topological polar surface area (TPSA) is 34.1 Å². The Morgan fingerprint density at radius 1 is 1.50 bits per heavy atom. The van der Waals surface area contributed by atoms with E-state index in [2.05, 4.69) is 0 Å². The summed E-state index contributed by atoms with van der Waals surface area (Å²) in [4.78, 5) is 0. The molecule has 8 heavy (non-hydrogen) atoms. The monoisotopic (exact) mass is 153 g/mol. The molecule has 0 amide bonds. The van der Waals surface area contributed by atoms with Crippen molar-refractivity contribution in [1.82, 2.24) is 0 Å². The van der Waals surface area contributed by atoms with Crippen LogP contribution in [0.5, 0.6) is 0 Å². The molecule has 0 aromatic heterocycles. The summed E-state index contributed by atoms with van der Waals surface area (Å²) in [5.74, 6) is 0.391. The first-order valence-electron chi connectivity index (χ1n) is 2.34. The molecule has 0 radical (unpaired) electrons. The van der Waals surface area contributed by atoms with Crippen LogP contribution in [0.4, 0.5) is 0 Å². The summed E-state index contributed by atoms with van der Waals surface area (Å²) in [6, 6.07) is 0. The van der Waals surface area contributed by atoms with Crippen LogP contribution in [0, 0.1) is 0 Å². The van der Waals surface area contributed by atoms with Gasteiger partial charge < -0.3 is 4.57 Å². The Morgan fingerprint density at radius 3 is 1.88 bits per heavy atom. The molecule has 0 bridgehead atoms. The van der Waals surface area contributed by atoms with E-state index in [0.29, 0.717) is 5.90 Å². The maximum atomic E-state index is 10.8. The first-order valence-corrected chi connectivity index (χ1v) is 7.02. The second kappa shape index (κ2) is 2.75. The fourth-order valence-electron chi connectivity index (χ4n) is 0.480. The van der Waals surface area contributed by atoms with Crippen molar-refractivity contribution in [3.63, 3.8) is 0 Å². The average molecular weight is 153 g/mol. The molecule has 48 valence electrons. The Balaban J connectivity index is 3.74. The molecular weight excluding hydrogens is 142 g/mol. The van der Waals surface area contributed by atoms with Gasteiger partial charge in [-0.2, -0.15) is 0 Å². The molecule has 0 spiro atoms. The fourth-order valence-corrected chi connectivity index (χ4v) is 4.32. The molecule has 0 aliphatic carbocycles. The molecule has 0 aliphatic rings. The highest BCUT2D eigenvalue weighted by Gasteiger charge is 2.18. The summed E-state index contributed by atoms with van der Waals surface area (Å²) in [7, 11) is -3.21. The van der Waals surface area contributed by atoms with E-state index in [4.69, 9.17) is 0 Å². The first-order chi connectivity index (χ1) is 3.42. The van der Waals surface area contributed by atoms with E-state index >= 15 is 0 Å². The Bertz CT molecular complexity index is 135. The van der Waals surface area contributed by atoms with Crippen molar-refractivity contribution in [2.75, 3.05) is 25.9 Å². The van der Waals surface area contributed by atoms with E-state index in [1.54, 1.807) is 20.0 Å². The smallest absolute Gasteiger partial charge is 0.320 e. The van der Waals surface area contributed by atoms with Crippen molar-refractivity contribution in [2.24, 2.45) is 0 Å². The molecule has 0 N–H and O–H groups in total. The van der Waals surface area contributed by atoms with Crippen LogP contribution >= 0.6 is 14.9 Å². The van der Waals surface area contributed by atoms with Crippen molar-refractivity contribution < 1.29 is 9.13 Å². The number of hydrogen-bond acceptors (Lipinski definition) is 2. The molecule has 0 saturated carbocycles. The summed E-state index contributed by atoms with van der Waals surface area (Å²) in [6.07, 6.45) is 0. The van der Waals surface area contributed by atoms with E-state index in [0.717, 1.165) is 0 Å². The minimum atomic E-state index is -2.01. The van der Waals surface area contributed by atoms with Crippen molar-refractivity contribution in [3.8, 4) is 0 Å². The van der Waals surface area contributed by atoms with Gasteiger partial charge in [-0.1, -0.05) is 4.57 Å². The molecule has 0 rings (SSSR count). The minimum Gasteiger partial charge on any atom is -0.320 e. The van der Waals surface area contributed by atoms with Gasteiger partial charge in [0.15, 0.2) is 5.90 Å². The number of hydrogen-bond donors (Lipinski definition) is 0. The van der Waals surface area contributed by atoms with Gasteiger partial charge in [0.2, 0.25) is 0 Å². The van der Waals surface area contributed by atoms with Crippen LogP contribution in [0.3, 0.4) is 0 Å². The second-order valence-corrected chi connectivity index (χ2v) is 7.88. The zero-order valence-corrected chi connectivity index (χ0v) is 7.21. The summed E-state index contributed by atoms with van der Waals surface area (Å²) in [5.41, 5.74) is 0. The van der Waals surface area contributed by atoms with Gasteiger partial charge >= 0.3 is 7.80 Å². The predicted octanol–water partition coefficient (Wildman–Crippen LogP) is 2.02. The van der Waals surface area contributed by atoms with Gasteiger partial charge in [0, 0.05) is 0 Å². The van der Waals surface area contributed by atoms with Crippen molar-refractivity contribution >= 4 is 14.9 Å². The van der Waals surface area contributed by atoms with Crippen LogP contribution in [0.15, 0.2) is 0 Å². The zero-order valence-electron chi connectivity index (χ0n) is 5.42. The highest BCUT2D eigenvalue weighted by molar-refractivity contribution is 7.72. The highest BCUT2D eigenvalue weighted by atomic mass is 31.2. The first kappa shape index (κ1) is 8.33. The van der Waals surface area contributed by atoms with Gasteiger partial charge in [-0.15, -0.1) is 0 Å². The third-order valence-corrected chi connectivity index (χ3v) is 4.86. The second-order valence-electron chi connectivity index (χ2n) is 2.34. The normalized spacial score (nSPS) is 13.6. The maximum Gasteiger partial charge on any atom is 0.343 e. The molecule has 0 heterocycles. The van der Waals surface area contributed by atoms with Crippen LogP contribution in [-0.2, 0) is 9.13 Å². The van der Waals surface area contributed by atoms with Crippen molar-refractivity contribution in [3.05, 3.63) is 0 Å². The summed E-state index contributed by atoms with van der Waals surface area (Å²) < 4.78 is 21.3. The quantitative estimate of drug-likeness (QED) is 0.568. The standard InChI is InChI=1S/C4H11O2P2/c1-7(5)4-8(2,3)6/h4H2,1-3H3/q+1. The molecule has 0 aliphatic heterocycles. The molecule has 0 aromatic carbocycles. The molecule has 1 unspecified atom stereocenters. The molecule has 1 atom stereocenters. The molecule has 2 nitrogen and oxygen atoms in total. The van der Waals surface area contributed by atoms with E-state index in [1.165, 1.54) is 0 Å². The van der Waals surface area contributed by atoms with E-state index < -0.39 is 14.9 Å². The number of rotatable bonds is 2. The van der Waals surface area contributed by atoms with Crippen LogP contribution in [0.1, 0.15) is 0 Å². The molecular formula is C4H11O2P2+. The van der Waals surface area contributed by atoms with Crippen LogP contribution in [-0.4, -0.2) is 25.9 Å². The fraction of sp³-hybridized carbons (Fsp3) is 1.00. The Labute approximate surface area is 50.8 Å². The van der Waals surface area contributed by atoms with Gasteiger partial charge in [0.1, 0.15) is 13.8 Å². The van der Waals surface area contributed by atoms with Gasteiger partial charge in [-0.05, 0) is 13.3 Å². The summed E-state index contributed by atoms with van der Waals surface area (Å²) >= 11 is 0. The van der Waals surface area contributed by atoms with E-state index in [-0.39, 0.29) is 0 Å². The van der Waals surface area contributed by atoms with E-state index in [9.17, 15) is 9.13 Å². The Kier molecular flexibility index (Phi) is 2.87. The largest absolute Gasteiger partial charge is 0.343 e. The van der Waals surface area contributed by atoms with Gasteiger partial charge in [-0.3, -0.25) is 0 Å². The minimum absolute atomic E-state index is 0.391. The molecule has 0 aromatic rings. The molecule has 0 fully saturated rings. The Hall–Kier alpha value is 0.330. The SMILES string of the molecule is C[P+](=O)CP(C)(C)=O. The molecule has 0 saturated heterocycles. The predicted molar refractivity (Wildman–Crippen MR) is 37.9 cm³/mol. The summed E-state index contributed by atoms with van der Waals surface area (Å²) in [5, 5.41) is 0. The maximum absolute atomic E-state index is 10.8. The lowest BCUT2D eigenvalue weighted by Gasteiger charge is -1.92. The molecule has 4 heteroatoms. The van der Waals surface area contributed by atoms with Crippen LogP contribution in [0.2, 0.25) is 0 Å². The Morgan fingerprint density at radius 2 is 1.88 bits per heavy atom. The lowest BCUT2D eigenvalue weighted by atomic mass is 11.8. The highest BCUT2D eigenvalue weighted by Crippen LogP contribution is 2.43. The average Bonchev–Trinajstić information content (AvgIpc) is 1.21. The van der Waals surface area contributed by atoms with Gasteiger partial charge in [0.05, 0.1) is 0 Å². The van der Waals surface area contributed by atoms with Crippen molar-refractivity contribution in [2.45, 2.75) is 0 Å².